The highest BCUT2D eigenvalue weighted by atomic mass is 32.2. The fourth-order valence-corrected chi connectivity index (χ4v) is 3.16. The first kappa shape index (κ1) is 16.2. The molecule has 0 spiro atoms. The molecule has 1 unspecified atom stereocenters. The van der Waals surface area contributed by atoms with Gasteiger partial charge < -0.3 is 10.6 Å². The number of hydrogen-bond donors (Lipinski definition) is 2. The highest BCUT2D eigenvalue weighted by Crippen LogP contribution is 2.25. The number of hydrogen-bond acceptors (Lipinski definition) is 5. The Morgan fingerprint density at radius 2 is 2.12 bits per heavy atom. The first-order valence-electron chi connectivity index (χ1n) is 7.44. The lowest BCUT2D eigenvalue weighted by molar-refractivity contribution is -0.122. The van der Waals surface area contributed by atoms with Crippen LogP contribution >= 0.6 is 11.8 Å². The number of carbonyl (C=O) groups is 2. The molecular weight excluding hydrogens is 324 g/mol. The topological polar surface area (TPSA) is 83.5 Å². The number of anilines is 1. The van der Waals surface area contributed by atoms with Crippen molar-refractivity contribution in [1.82, 2.24) is 10.3 Å². The van der Waals surface area contributed by atoms with E-state index in [4.69, 9.17) is 0 Å². The molecule has 1 aliphatic heterocycles. The number of aliphatic imine (C=N–C) groups is 1. The van der Waals surface area contributed by atoms with Gasteiger partial charge in [0.25, 0.3) is 0 Å². The van der Waals surface area contributed by atoms with Gasteiger partial charge in [-0.25, -0.2) is 9.98 Å². The van der Waals surface area contributed by atoms with Gasteiger partial charge in [0.05, 0.1) is 0 Å². The number of amidine groups is 1. The molecule has 7 heteroatoms. The van der Waals surface area contributed by atoms with Crippen LogP contribution < -0.4 is 10.6 Å². The summed E-state index contributed by atoms with van der Waals surface area (Å²) in [5, 5.41) is 5.45. The second-order valence-corrected chi connectivity index (χ2v) is 6.51. The van der Waals surface area contributed by atoms with Crippen molar-refractivity contribution in [1.29, 1.82) is 0 Å². The van der Waals surface area contributed by atoms with Gasteiger partial charge in [0, 0.05) is 18.3 Å². The maximum Gasteiger partial charge on any atom is 0.240 e. The zero-order chi connectivity index (χ0) is 16.9. The molecule has 0 aliphatic carbocycles. The SMILES string of the molecule is Cc1ccnc(N=C2NC(=O)C(CC(=O)Nc3ccccc3)S2)c1. The van der Waals surface area contributed by atoms with Gasteiger partial charge in [-0.1, -0.05) is 30.0 Å². The Labute approximate surface area is 143 Å². The van der Waals surface area contributed by atoms with E-state index in [0.717, 1.165) is 5.56 Å². The normalized spacial score (nSPS) is 18.5. The molecule has 1 aliphatic rings. The van der Waals surface area contributed by atoms with Crippen molar-refractivity contribution in [3.8, 4) is 0 Å². The highest BCUT2D eigenvalue weighted by molar-refractivity contribution is 8.15. The lowest BCUT2D eigenvalue weighted by Gasteiger charge is -2.07. The molecule has 1 aromatic carbocycles. The molecule has 1 fully saturated rings. The van der Waals surface area contributed by atoms with Gasteiger partial charge in [-0.3, -0.25) is 9.59 Å². The summed E-state index contributed by atoms with van der Waals surface area (Å²) in [5.41, 5.74) is 1.75. The van der Waals surface area contributed by atoms with Gasteiger partial charge in [-0.05, 0) is 36.8 Å². The van der Waals surface area contributed by atoms with Crippen molar-refractivity contribution in [3.63, 3.8) is 0 Å². The first-order valence-corrected chi connectivity index (χ1v) is 8.32. The number of aryl methyl sites for hydroxylation is 1. The number of amides is 2. The number of carbonyl (C=O) groups excluding carboxylic acids is 2. The van der Waals surface area contributed by atoms with Gasteiger partial charge in [-0.2, -0.15) is 0 Å². The summed E-state index contributed by atoms with van der Waals surface area (Å²) in [7, 11) is 0. The van der Waals surface area contributed by atoms with E-state index < -0.39 is 5.25 Å². The molecule has 2 aromatic rings. The molecule has 0 radical (unpaired) electrons. The smallest absolute Gasteiger partial charge is 0.240 e. The number of benzene rings is 1. The third kappa shape index (κ3) is 4.20. The predicted molar refractivity (Wildman–Crippen MR) is 95.3 cm³/mol. The second-order valence-electron chi connectivity index (χ2n) is 5.32. The van der Waals surface area contributed by atoms with Crippen LogP contribution in [0.25, 0.3) is 0 Å². The molecule has 122 valence electrons. The number of thioether (sulfide) groups is 1. The Morgan fingerprint density at radius 3 is 2.88 bits per heavy atom. The van der Waals surface area contributed by atoms with Crippen LogP contribution in [0.2, 0.25) is 0 Å². The summed E-state index contributed by atoms with van der Waals surface area (Å²) in [6, 6.07) is 12.9. The van der Waals surface area contributed by atoms with Crippen LogP contribution in [-0.2, 0) is 9.59 Å². The fourth-order valence-electron chi connectivity index (χ4n) is 2.18. The molecule has 1 aromatic heterocycles. The molecule has 2 amide bonds. The van der Waals surface area contributed by atoms with Crippen molar-refractivity contribution in [3.05, 3.63) is 54.2 Å². The summed E-state index contributed by atoms with van der Waals surface area (Å²) >= 11 is 1.25. The van der Waals surface area contributed by atoms with E-state index in [1.807, 2.05) is 37.3 Å². The number of rotatable bonds is 4. The van der Waals surface area contributed by atoms with Crippen LogP contribution in [0.3, 0.4) is 0 Å². The molecular formula is C17H16N4O2S. The molecule has 0 saturated carbocycles. The van der Waals surface area contributed by atoms with Crippen molar-refractivity contribution in [2.45, 2.75) is 18.6 Å². The van der Waals surface area contributed by atoms with E-state index in [2.05, 4.69) is 20.6 Å². The van der Waals surface area contributed by atoms with Gasteiger partial charge in [0.1, 0.15) is 5.25 Å². The Morgan fingerprint density at radius 1 is 1.33 bits per heavy atom. The van der Waals surface area contributed by atoms with Crippen molar-refractivity contribution < 1.29 is 9.59 Å². The molecule has 1 saturated heterocycles. The molecule has 2 N–H and O–H groups in total. The van der Waals surface area contributed by atoms with Gasteiger partial charge in [0.15, 0.2) is 11.0 Å². The van der Waals surface area contributed by atoms with Gasteiger partial charge in [-0.15, -0.1) is 0 Å². The van der Waals surface area contributed by atoms with E-state index in [-0.39, 0.29) is 18.2 Å². The molecule has 2 heterocycles. The average molecular weight is 340 g/mol. The summed E-state index contributed by atoms with van der Waals surface area (Å²) in [6.07, 6.45) is 1.76. The Kier molecular flexibility index (Phi) is 4.90. The van der Waals surface area contributed by atoms with Crippen molar-refractivity contribution in [2.75, 3.05) is 5.32 Å². The van der Waals surface area contributed by atoms with Gasteiger partial charge >= 0.3 is 0 Å². The minimum atomic E-state index is -0.489. The highest BCUT2D eigenvalue weighted by Gasteiger charge is 2.32. The third-order valence-corrected chi connectivity index (χ3v) is 4.40. The number of aromatic nitrogens is 1. The fraction of sp³-hybridized carbons (Fsp3) is 0.176. The summed E-state index contributed by atoms with van der Waals surface area (Å²) < 4.78 is 0. The van der Waals surface area contributed by atoms with E-state index in [1.54, 1.807) is 18.3 Å². The van der Waals surface area contributed by atoms with Crippen molar-refractivity contribution >= 4 is 40.2 Å². The molecule has 1 atom stereocenters. The monoisotopic (exact) mass is 340 g/mol. The Hall–Kier alpha value is -2.67. The molecule has 24 heavy (non-hydrogen) atoms. The van der Waals surface area contributed by atoms with Crippen LogP contribution in [0.15, 0.2) is 53.7 Å². The average Bonchev–Trinajstić information content (AvgIpc) is 2.87. The molecule has 0 bridgehead atoms. The third-order valence-electron chi connectivity index (χ3n) is 3.32. The number of para-hydroxylation sites is 1. The lowest BCUT2D eigenvalue weighted by Crippen LogP contribution is -2.28. The van der Waals surface area contributed by atoms with E-state index >= 15 is 0 Å². The largest absolute Gasteiger partial charge is 0.326 e. The second kappa shape index (κ2) is 7.27. The zero-order valence-electron chi connectivity index (χ0n) is 13.0. The maximum atomic E-state index is 12.1. The van der Waals surface area contributed by atoms with Crippen LogP contribution in [0.4, 0.5) is 11.5 Å². The lowest BCUT2D eigenvalue weighted by atomic mass is 10.2. The summed E-state index contributed by atoms with van der Waals surface area (Å²) in [5.74, 6) is 0.116. The van der Waals surface area contributed by atoms with Crippen LogP contribution in [0.5, 0.6) is 0 Å². The van der Waals surface area contributed by atoms with Crippen LogP contribution in [0.1, 0.15) is 12.0 Å². The van der Waals surface area contributed by atoms with Crippen LogP contribution in [-0.4, -0.2) is 27.2 Å². The summed E-state index contributed by atoms with van der Waals surface area (Å²) in [4.78, 5) is 32.5. The minimum Gasteiger partial charge on any atom is -0.326 e. The molecule has 3 rings (SSSR count). The Bertz CT molecular complexity index is 792. The predicted octanol–water partition coefficient (Wildman–Crippen LogP) is 2.64. The maximum absolute atomic E-state index is 12.1. The van der Waals surface area contributed by atoms with E-state index in [0.29, 0.717) is 16.7 Å². The zero-order valence-corrected chi connectivity index (χ0v) is 13.8. The number of nitrogens with one attached hydrogen (secondary N) is 2. The number of pyridine rings is 1. The quantitative estimate of drug-likeness (QED) is 0.896. The standard InChI is InChI=1S/C17H16N4O2S/c1-11-7-8-18-14(9-11)20-17-21-16(23)13(24-17)10-15(22)19-12-5-3-2-4-6-12/h2-9,13H,10H2,1H3,(H,19,22)(H,18,20,21,23). The summed E-state index contributed by atoms with van der Waals surface area (Å²) in [6.45, 7) is 1.95. The molecule has 6 nitrogen and oxygen atoms in total. The van der Waals surface area contributed by atoms with E-state index in [1.165, 1.54) is 11.8 Å². The first-order chi connectivity index (χ1) is 11.6. The minimum absolute atomic E-state index is 0.0889. The van der Waals surface area contributed by atoms with Gasteiger partial charge in [0.2, 0.25) is 11.8 Å². The van der Waals surface area contributed by atoms with Crippen molar-refractivity contribution in [2.24, 2.45) is 4.99 Å². The number of nitrogens with zero attached hydrogens (tertiary/aromatic N) is 2. The van der Waals surface area contributed by atoms with E-state index in [9.17, 15) is 9.59 Å². The Balaban J connectivity index is 1.61. The van der Waals surface area contributed by atoms with Crippen LogP contribution in [0, 0.1) is 6.92 Å².